The molecule has 1 aliphatic rings. The first kappa shape index (κ1) is 12.9. The average Bonchev–Trinajstić information content (AvgIpc) is 2.54. The fourth-order valence-corrected chi connectivity index (χ4v) is 2.68. The summed E-state index contributed by atoms with van der Waals surface area (Å²) in [5.74, 6) is 1.79. The van der Waals surface area contributed by atoms with Crippen molar-refractivity contribution in [3.8, 4) is 11.5 Å². The molecule has 20 heavy (non-hydrogen) atoms. The van der Waals surface area contributed by atoms with Gasteiger partial charge >= 0.3 is 0 Å². The molecule has 2 aromatic carbocycles. The normalized spacial score (nSPS) is 17.0. The van der Waals surface area contributed by atoms with Crippen LogP contribution in [-0.2, 0) is 6.42 Å². The van der Waals surface area contributed by atoms with Gasteiger partial charge in [0.1, 0.15) is 11.5 Å². The van der Waals surface area contributed by atoms with Crippen LogP contribution in [0.5, 0.6) is 11.5 Å². The molecule has 104 valence electrons. The number of fused-ring (bicyclic) bond motifs is 1. The van der Waals surface area contributed by atoms with Crippen LogP contribution in [0.1, 0.15) is 23.6 Å². The number of rotatable bonds is 3. The molecular formula is C17H19NO2. The molecular weight excluding hydrogens is 250 g/mol. The van der Waals surface area contributed by atoms with E-state index in [1.54, 1.807) is 14.2 Å². The van der Waals surface area contributed by atoms with Crippen LogP contribution < -0.4 is 14.8 Å². The first-order valence-corrected chi connectivity index (χ1v) is 6.87. The smallest absolute Gasteiger partial charge is 0.120 e. The molecule has 0 saturated heterocycles. The molecule has 1 aliphatic heterocycles. The summed E-state index contributed by atoms with van der Waals surface area (Å²) in [7, 11) is 3.39. The molecule has 0 aliphatic carbocycles. The molecule has 0 spiro atoms. The predicted octanol–water partition coefficient (Wildman–Crippen LogP) is 3.80. The first-order valence-electron chi connectivity index (χ1n) is 6.87. The van der Waals surface area contributed by atoms with Crippen LogP contribution in [0.2, 0.25) is 0 Å². The van der Waals surface area contributed by atoms with E-state index in [4.69, 9.17) is 9.47 Å². The molecule has 1 heterocycles. The number of hydrogen-bond donors (Lipinski definition) is 1. The quantitative estimate of drug-likeness (QED) is 0.919. The maximum Gasteiger partial charge on any atom is 0.120 e. The molecule has 3 heteroatoms. The molecule has 0 bridgehead atoms. The Morgan fingerprint density at radius 1 is 0.950 bits per heavy atom. The van der Waals surface area contributed by atoms with E-state index in [1.807, 2.05) is 18.2 Å². The molecule has 1 N–H and O–H groups in total. The van der Waals surface area contributed by atoms with Crippen molar-refractivity contribution in [1.82, 2.24) is 0 Å². The summed E-state index contributed by atoms with van der Waals surface area (Å²) in [5, 5.41) is 3.60. The van der Waals surface area contributed by atoms with Crippen molar-refractivity contribution in [2.45, 2.75) is 18.9 Å². The molecule has 0 aromatic heterocycles. The third-order valence-corrected chi connectivity index (χ3v) is 3.87. The summed E-state index contributed by atoms with van der Waals surface area (Å²) in [4.78, 5) is 0. The van der Waals surface area contributed by atoms with Crippen molar-refractivity contribution in [1.29, 1.82) is 0 Å². The zero-order chi connectivity index (χ0) is 13.9. The van der Waals surface area contributed by atoms with Gasteiger partial charge in [0.25, 0.3) is 0 Å². The van der Waals surface area contributed by atoms with E-state index in [0.29, 0.717) is 6.04 Å². The fourth-order valence-electron chi connectivity index (χ4n) is 2.68. The Kier molecular flexibility index (Phi) is 3.50. The first-order chi connectivity index (χ1) is 9.80. The average molecular weight is 269 g/mol. The second-order valence-electron chi connectivity index (χ2n) is 5.03. The molecule has 0 radical (unpaired) electrons. The van der Waals surface area contributed by atoms with Crippen molar-refractivity contribution >= 4 is 5.69 Å². The monoisotopic (exact) mass is 269 g/mol. The van der Waals surface area contributed by atoms with Crippen LogP contribution in [0.25, 0.3) is 0 Å². The van der Waals surface area contributed by atoms with Crippen molar-refractivity contribution < 1.29 is 9.47 Å². The van der Waals surface area contributed by atoms with Gasteiger partial charge in [-0.25, -0.2) is 0 Å². The van der Waals surface area contributed by atoms with E-state index in [0.717, 1.165) is 24.3 Å². The summed E-state index contributed by atoms with van der Waals surface area (Å²) >= 11 is 0. The van der Waals surface area contributed by atoms with Gasteiger partial charge in [0.05, 0.1) is 20.3 Å². The molecule has 0 amide bonds. The van der Waals surface area contributed by atoms with Gasteiger partial charge in [-0.1, -0.05) is 18.2 Å². The minimum atomic E-state index is 0.348. The van der Waals surface area contributed by atoms with Crippen molar-refractivity contribution in [3.05, 3.63) is 53.6 Å². The highest BCUT2D eigenvalue weighted by Gasteiger charge is 2.19. The highest BCUT2D eigenvalue weighted by molar-refractivity contribution is 5.58. The van der Waals surface area contributed by atoms with Gasteiger partial charge < -0.3 is 14.8 Å². The largest absolute Gasteiger partial charge is 0.497 e. The molecule has 3 rings (SSSR count). The van der Waals surface area contributed by atoms with Crippen LogP contribution in [-0.4, -0.2) is 14.2 Å². The Labute approximate surface area is 119 Å². The Morgan fingerprint density at radius 2 is 1.65 bits per heavy atom. The van der Waals surface area contributed by atoms with Gasteiger partial charge in [0, 0.05) is 11.8 Å². The third-order valence-electron chi connectivity index (χ3n) is 3.87. The lowest BCUT2D eigenvalue weighted by Gasteiger charge is -2.28. The highest BCUT2D eigenvalue weighted by atomic mass is 16.5. The lowest BCUT2D eigenvalue weighted by Crippen LogP contribution is -2.17. The summed E-state index contributed by atoms with van der Waals surface area (Å²) < 4.78 is 10.5. The standard InChI is InChI=1S/C17H19NO2/c1-19-14-7-3-12(4-8-14)16-10-6-13-5-9-15(20-2)11-17(13)18-16/h3-5,7-9,11,16,18H,6,10H2,1-2H3. The Hall–Kier alpha value is -2.16. The highest BCUT2D eigenvalue weighted by Crippen LogP contribution is 2.35. The van der Waals surface area contributed by atoms with E-state index in [1.165, 1.54) is 16.8 Å². The lowest BCUT2D eigenvalue weighted by molar-refractivity contribution is 0.414. The minimum Gasteiger partial charge on any atom is -0.497 e. The third kappa shape index (κ3) is 2.44. The van der Waals surface area contributed by atoms with Crippen LogP contribution in [0.15, 0.2) is 42.5 Å². The number of nitrogens with one attached hydrogen (secondary N) is 1. The van der Waals surface area contributed by atoms with Gasteiger partial charge in [-0.3, -0.25) is 0 Å². The number of anilines is 1. The van der Waals surface area contributed by atoms with E-state index in [9.17, 15) is 0 Å². The van der Waals surface area contributed by atoms with Crippen molar-refractivity contribution in [3.63, 3.8) is 0 Å². The van der Waals surface area contributed by atoms with E-state index in [-0.39, 0.29) is 0 Å². The van der Waals surface area contributed by atoms with Crippen LogP contribution in [0.4, 0.5) is 5.69 Å². The second-order valence-corrected chi connectivity index (χ2v) is 5.03. The maximum absolute atomic E-state index is 5.29. The van der Waals surface area contributed by atoms with Gasteiger partial charge in [0.2, 0.25) is 0 Å². The predicted molar refractivity (Wildman–Crippen MR) is 80.7 cm³/mol. The fraction of sp³-hybridized carbons (Fsp3) is 0.294. The number of ether oxygens (including phenoxy) is 2. The molecule has 0 fully saturated rings. The maximum atomic E-state index is 5.29. The Morgan fingerprint density at radius 3 is 2.35 bits per heavy atom. The second kappa shape index (κ2) is 5.45. The SMILES string of the molecule is COc1ccc(C2CCc3ccc(OC)cc3N2)cc1. The van der Waals surface area contributed by atoms with Crippen LogP contribution in [0, 0.1) is 0 Å². The minimum absolute atomic E-state index is 0.348. The van der Waals surface area contributed by atoms with E-state index >= 15 is 0 Å². The van der Waals surface area contributed by atoms with Gasteiger partial charge in [-0.15, -0.1) is 0 Å². The van der Waals surface area contributed by atoms with Gasteiger partial charge in [0.15, 0.2) is 0 Å². The number of aryl methyl sites for hydroxylation is 1. The summed E-state index contributed by atoms with van der Waals surface area (Å²) in [6, 6.07) is 14.9. The van der Waals surface area contributed by atoms with E-state index in [2.05, 4.69) is 29.6 Å². The molecule has 2 aromatic rings. The van der Waals surface area contributed by atoms with Crippen molar-refractivity contribution in [2.24, 2.45) is 0 Å². The zero-order valence-electron chi connectivity index (χ0n) is 11.8. The lowest BCUT2D eigenvalue weighted by atomic mass is 9.93. The van der Waals surface area contributed by atoms with Crippen LogP contribution in [0.3, 0.4) is 0 Å². The number of benzene rings is 2. The van der Waals surface area contributed by atoms with Gasteiger partial charge in [-0.05, 0) is 42.2 Å². The van der Waals surface area contributed by atoms with Crippen LogP contribution >= 0.6 is 0 Å². The number of methoxy groups -OCH3 is 2. The summed E-state index contributed by atoms with van der Waals surface area (Å²) in [6.45, 7) is 0. The van der Waals surface area contributed by atoms with E-state index < -0.39 is 0 Å². The molecule has 1 unspecified atom stereocenters. The molecule has 1 atom stereocenters. The number of hydrogen-bond acceptors (Lipinski definition) is 3. The summed E-state index contributed by atoms with van der Waals surface area (Å²) in [6.07, 6.45) is 2.19. The zero-order valence-corrected chi connectivity index (χ0v) is 11.8. The molecule has 0 saturated carbocycles. The molecule has 3 nitrogen and oxygen atoms in total. The van der Waals surface area contributed by atoms with Crippen molar-refractivity contribution in [2.75, 3.05) is 19.5 Å². The summed E-state index contributed by atoms with van der Waals surface area (Å²) in [5.41, 5.74) is 3.83. The Bertz CT molecular complexity index is 592. The van der Waals surface area contributed by atoms with Gasteiger partial charge in [-0.2, -0.15) is 0 Å². The Balaban J connectivity index is 1.83. The topological polar surface area (TPSA) is 30.5 Å².